The lowest BCUT2D eigenvalue weighted by Crippen LogP contribution is -2.52. The predicted octanol–water partition coefficient (Wildman–Crippen LogP) is 5.77. The molecule has 0 N–H and O–H groups in total. The molecule has 1 saturated heterocycles. The Morgan fingerprint density at radius 3 is 1.97 bits per heavy atom. The van der Waals surface area contributed by atoms with Crippen molar-refractivity contribution in [3.05, 3.63) is 68.1 Å². The van der Waals surface area contributed by atoms with Gasteiger partial charge >= 0.3 is 0 Å². The Balaban J connectivity index is 1.52. The second-order valence-corrected chi connectivity index (χ2v) is 12.8. The number of hydrogen-bond acceptors (Lipinski definition) is 4. The van der Waals surface area contributed by atoms with Crippen molar-refractivity contribution < 1.29 is 19.2 Å². The number of rotatable bonds is 5. The van der Waals surface area contributed by atoms with E-state index in [2.05, 4.69) is 47.8 Å². The van der Waals surface area contributed by atoms with E-state index in [0.717, 1.165) is 20.9 Å². The highest BCUT2D eigenvalue weighted by molar-refractivity contribution is 9.12. The van der Waals surface area contributed by atoms with Gasteiger partial charge < -0.3 is 0 Å². The maximum atomic E-state index is 13.6. The number of ketones is 1. The number of amides is 3. The number of alkyl halides is 2. The lowest BCUT2D eigenvalue weighted by Gasteiger charge is -2.31. The first kappa shape index (κ1) is 25.4. The van der Waals surface area contributed by atoms with E-state index in [1.54, 1.807) is 24.3 Å². The summed E-state index contributed by atoms with van der Waals surface area (Å²) >= 11 is 22.8. The largest absolute Gasteiger partial charge is 0.292 e. The van der Waals surface area contributed by atoms with Gasteiger partial charge in [-0.05, 0) is 48.6 Å². The van der Waals surface area contributed by atoms with Crippen molar-refractivity contribution in [3.63, 3.8) is 0 Å². The number of fused-ring (bicyclic) bond motifs is 5. The quantitative estimate of drug-likeness (QED) is 0.225. The van der Waals surface area contributed by atoms with Crippen molar-refractivity contribution in [1.82, 2.24) is 10.0 Å². The molecule has 2 aromatic carbocycles. The van der Waals surface area contributed by atoms with Crippen LogP contribution in [0.25, 0.3) is 0 Å². The summed E-state index contributed by atoms with van der Waals surface area (Å²) in [5.41, 5.74) is 0.459. The average molecular weight is 708 g/mol. The fourth-order valence-corrected chi connectivity index (χ4v) is 7.88. The van der Waals surface area contributed by atoms with Crippen molar-refractivity contribution in [2.45, 2.75) is 16.1 Å². The van der Waals surface area contributed by atoms with Crippen LogP contribution in [0.5, 0.6) is 0 Å². The number of nitrogens with zero attached hydrogens (tertiary/aromatic N) is 2. The van der Waals surface area contributed by atoms with E-state index in [1.165, 1.54) is 18.2 Å². The molecule has 2 aromatic rings. The molecule has 182 valence electrons. The van der Waals surface area contributed by atoms with Gasteiger partial charge in [0.05, 0.1) is 21.9 Å². The molecule has 6 nitrogen and oxygen atoms in total. The molecule has 2 aliphatic carbocycles. The zero-order chi connectivity index (χ0) is 25.2. The van der Waals surface area contributed by atoms with Crippen LogP contribution in [0.15, 0.2) is 46.9 Å². The van der Waals surface area contributed by atoms with Crippen LogP contribution in [0.4, 0.5) is 0 Å². The van der Waals surface area contributed by atoms with Crippen LogP contribution >= 0.6 is 71.0 Å². The smallest absolute Gasteiger partial charge is 0.273 e. The third-order valence-electron chi connectivity index (χ3n) is 7.07. The summed E-state index contributed by atoms with van der Waals surface area (Å²) in [6, 6.07) is 10.9. The highest BCUT2D eigenvalue weighted by Crippen LogP contribution is 2.60. The zero-order valence-electron chi connectivity index (χ0n) is 17.8. The normalized spacial score (nSPS) is 29.0. The minimum Gasteiger partial charge on any atom is -0.292 e. The molecule has 0 radical (unpaired) electrons. The minimum absolute atomic E-state index is 0.0278. The molecule has 5 rings (SSSR count). The summed E-state index contributed by atoms with van der Waals surface area (Å²) in [5.74, 6) is -3.12. The van der Waals surface area contributed by atoms with Gasteiger partial charge in [-0.1, -0.05) is 83.1 Å². The van der Waals surface area contributed by atoms with E-state index < -0.39 is 41.9 Å². The number of carbonyl (C=O) groups is 4. The number of carbonyl (C=O) groups excluding carboxylic acids is 4. The van der Waals surface area contributed by atoms with Crippen LogP contribution in [-0.2, 0) is 9.59 Å². The topological polar surface area (TPSA) is 74.8 Å². The van der Waals surface area contributed by atoms with Gasteiger partial charge in [0.25, 0.3) is 17.7 Å². The summed E-state index contributed by atoms with van der Waals surface area (Å²) in [6.45, 7) is -0.484. The first-order valence-corrected chi connectivity index (χ1v) is 14.2. The number of hydrogen-bond donors (Lipinski definition) is 0. The molecule has 35 heavy (non-hydrogen) atoms. The van der Waals surface area contributed by atoms with Crippen LogP contribution in [0, 0.1) is 23.7 Å². The van der Waals surface area contributed by atoms with Crippen molar-refractivity contribution in [3.8, 4) is 0 Å². The molecule has 1 heterocycles. The molecular weight excluding hydrogens is 691 g/mol. The van der Waals surface area contributed by atoms with Crippen LogP contribution < -0.4 is 0 Å². The Kier molecular flexibility index (Phi) is 6.94. The van der Waals surface area contributed by atoms with E-state index in [1.807, 2.05) is 0 Å². The van der Waals surface area contributed by atoms with E-state index in [4.69, 9.17) is 23.2 Å². The molecular formula is C24H17Br3Cl2N2O4. The second-order valence-electron chi connectivity index (χ2n) is 8.91. The summed E-state index contributed by atoms with van der Waals surface area (Å²) in [7, 11) is 0. The first-order chi connectivity index (χ1) is 16.6. The Bertz CT molecular complexity index is 1230. The molecule has 0 unspecified atom stereocenters. The van der Waals surface area contributed by atoms with E-state index in [0.29, 0.717) is 5.56 Å². The molecule has 2 bridgehead atoms. The second kappa shape index (κ2) is 9.56. The van der Waals surface area contributed by atoms with Crippen molar-refractivity contribution in [1.29, 1.82) is 0 Å². The maximum Gasteiger partial charge on any atom is 0.273 e. The Hall–Kier alpha value is -1.26. The number of benzene rings is 2. The van der Waals surface area contributed by atoms with Gasteiger partial charge in [0.15, 0.2) is 5.78 Å². The molecule has 3 amide bonds. The molecule has 3 aliphatic rings. The van der Waals surface area contributed by atoms with Gasteiger partial charge in [-0.15, -0.1) is 0 Å². The molecule has 0 spiro atoms. The Labute approximate surface area is 236 Å². The first-order valence-electron chi connectivity index (χ1n) is 10.8. The SMILES string of the molecule is O=C(CN(C(=O)c1ccc(Cl)c(Cl)c1)N1C(=O)[C@@H]2[C@H]3C[C@@H]([C@H](Br)[C@H]3Br)[C@H]2C1=O)c1ccc(Br)cc1. The number of imide groups is 1. The van der Waals surface area contributed by atoms with E-state index >= 15 is 0 Å². The molecule has 1 aliphatic heterocycles. The zero-order valence-corrected chi connectivity index (χ0v) is 24.1. The van der Waals surface area contributed by atoms with Crippen molar-refractivity contribution in [2.24, 2.45) is 23.7 Å². The van der Waals surface area contributed by atoms with E-state index in [-0.39, 0.29) is 37.1 Å². The maximum absolute atomic E-state index is 13.6. The van der Waals surface area contributed by atoms with Crippen molar-refractivity contribution in [2.75, 3.05) is 6.54 Å². The predicted molar refractivity (Wildman–Crippen MR) is 142 cm³/mol. The van der Waals surface area contributed by atoms with Gasteiger partial charge in [0.1, 0.15) is 6.54 Å². The monoisotopic (exact) mass is 704 g/mol. The standard InChI is InChI=1S/C24H17Br3Cl2N2O4/c25-12-4-1-10(2-5-12)17(32)9-30(22(33)11-3-6-15(28)16(29)7-11)31-23(34)18-13-8-14(19(18)24(31)35)21(27)20(13)26/h1-7,13-14,18-21H,8-9H2/t13-,14-,18-,19-,20+,21+/m1/s1. The lowest BCUT2D eigenvalue weighted by molar-refractivity contribution is -0.154. The van der Waals surface area contributed by atoms with Gasteiger partial charge in [0.2, 0.25) is 0 Å². The number of hydrazine groups is 1. The summed E-state index contributed by atoms with van der Waals surface area (Å²) in [5, 5.41) is 2.25. The van der Waals surface area contributed by atoms with Crippen LogP contribution in [0.2, 0.25) is 10.0 Å². The van der Waals surface area contributed by atoms with E-state index in [9.17, 15) is 19.2 Å². The number of Topliss-reactive ketones (excluding diaryl/α,β-unsaturated/α-hetero) is 1. The summed E-state index contributed by atoms with van der Waals surface area (Å²) < 4.78 is 0.791. The third kappa shape index (κ3) is 4.21. The lowest BCUT2D eigenvalue weighted by atomic mass is 9.81. The fourth-order valence-electron chi connectivity index (χ4n) is 5.45. The van der Waals surface area contributed by atoms with Crippen LogP contribution in [0.1, 0.15) is 27.1 Å². The van der Waals surface area contributed by atoms with Gasteiger partial charge in [-0.25, -0.2) is 5.01 Å². The fraction of sp³-hybridized carbons (Fsp3) is 0.333. The summed E-state index contributed by atoms with van der Waals surface area (Å²) in [4.78, 5) is 54.1. The van der Waals surface area contributed by atoms with Gasteiger partial charge in [-0.3, -0.25) is 19.2 Å². The molecule has 6 atom stereocenters. The van der Waals surface area contributed by atoms with Crippen molar-refractivity contribution >= 4 is 94.5 Å². The average Bonchev–Trinajstić information content (AvgIpc) is 3.44. The summed E-state index contributed by atoms with van der Waals surface area (Å²) in [6.07, 6.45) is 0.755. The van der Waals surface area contributed by atoms with Gasteiger partial charge in [0, 0.05) is 25.3 Å². The number of halogens is 5. The molecule has 3 fully saturated rings. The van der Waals surface area contributed by atoms with Crippen LogP contribution in [-0.4, -0.2) is 49.7 Å². The minimum atomic E-state index is -0.686. The molecule has 11 heteroatoms. The van der Waals surface area contributed by atoms with Crippen LogP contribution in [0.3, 0.4) is 0 Å². The highest BCUT2D eigenvalue weighted by Gasteiger charge is 2.67. The Morgan fingerprint density at radius 2 is 1.43 bits per heavy atom. The highest BCUT2D eigenvalue weighted by atomic mass is 79.9. The molecule has 2 saturated carbocycles. The third-order valence-corrected chi connectivity index (χ3v) is 11.5. The Morgan fingerprint density at radius 1 is 0.886 bits per heavy atom. The molecule has 0 aromatic heterocycles. The van der Waals surface area contributed by atoms with Gasteiger partial charge in [-0.2, -0.15) is 5.01 Å².